The number of benzene rings is 2. The molecule has 6 heteroatoms. The second-order valence-electron chi connectivity index (χ2n) is 5.01. The molecule has 0 spiro atoms. The lowest BCUT2D eigenvalue weighted by Gasteiger charge is -2.08. The van der Waals surface area contributed by atoms with Gasteiger partial charge in [0.2, 0.25) is 0 Å². The van der Waals surface area contributed by atoms with E-state index in [1.807, 2.05) is 36.4 Å². The lowest BCUT2D eigenvalue weighted by atomic mass is 10.0. The minimum absolute atomic E-state index is 0. The van der Waals surface area contributed by atoms with Crippen LogP contribution in [0, 0.1) is 0 Å². The standard InChI is InChI=1S/C18H15Cl2NOS.ClH/c1-22-13-5-2-11(3-6-13)16-9-14(10-21)23-18(16)15-7-4-12(19)8-17(15)20;/h2-9H,10,21H2,1H3;1H. The Kier molecular flexibility index (Phi) is 6.55. The van der Waals surface area contributed by atoms with Crippen molar-refractivity contribution in [3.05, 3.63) is 63.5 Å². The third-order valence-electron chi connectivity index (χ3n) is 3.56. The summed E-state index contributed by atoms with van der Waals surface area (Å²) in [7, 11) is 1.66. The van der Waals surface area contributed by atoms with E-state index < -0.39 is 0 Å². The fourth-order valence-electron chi connectivity index (χ4n) is 2.40. The maximum atomic E-state index is 6.39. The van der Waals surface area contributed by atoms with E-state index in [2.05, 4.69) is 6.07 Å². The number of methoxy groups -OCH3 is 1. The lowest BCUT2D eigenvalue weighted by molar-refractivity contribution is 0.415. The van der Waals surface area contributed by atoms with Crippen molar-refractivity contribution in [2.75, 3.05) is 7.11 Å². The Hall–Kier alpha value is -1.23. The number of hydrogen-bond acceptors (Lipinski definition) is 3. The zero-order valence-corrected chi connectivity index (χ0v) is 16.0. The number of thiophene rings is 1. The average Bonchev–Trinajstić information content (AvgIpc) is 2.99. The first-order valence-corrected chi connectivity index (χ1v) is 8.62. The molecule has 3 rings (SSSR count). The van der Waals surface area contributed by atoms with Gasteiger partial charge in [-0.25, -0.2) is 0 Å². The first-order valence-electron chi connectivity index (χ1n) is 7.05. The van der Waals surface area contributed by atoms with E-state index in [4.69, 9.17) is 33.7 Å². The molecule has 1 heterocycles. The molecule has 126 valence electrons. The molecule has 0 fully saturated rings. The molecule has 0 aliphatic carbocycles. The minimum atomic E-state index is 0. The van der Waals surface area contributed by atoms with Crippen molar-refractivity contribution in [1.29, 1.82) is 0 Å². The topological polar surface area (TPSA) is 35.2 Å². The maximum absolute atomic E-state index is 6.39. The van der Waals surface area contributed by atoms with Gasteiger partial charge in [0.15, 0.2) is 0 Å². The highest BCUT2D eigenvalue weighted by Gasteiger charge is 2.15. The Morgan fingerprint density at radius 2 is 1.71 bits per heavy atom. The Morgan fingerprint density at radius 3 is 2.29 bits per heavy atom. The Bertz CT molecular complexity index is 831. The zero-order valence-electron chi connectivity index (χ0n) is 12.9. The van der Waals surface area contributed by atoms with E-state index in [0.717, 1.165) is 32.2 Å². The lowest BCUT2D eigenvalue weighted by Crippen LogP contribution is -1.91. The Balaban J connectivity index is 0.00000208. The summed E-state index contributed by atoms with van der Waals surface area (Å²) in [6, 6.07) is 15.6. The van der Waals surface area contributed by atoms with Crippen LogP contribution in [0.25, 0.3) is 21.6 Å². The number of halogens is 3. The van der Waals surface area contributed by atoms with Gasteiger partial charge < -0.3 is 10.5 Å². The van der Waals surface area contributed by atoms with Crippen molar-refractivity contribution < 1.29 is 4.74 Å². The molecule has 0 atom stereocenters. The summed E-state index contributed by atoms with van der Waals surface area (Å²) >= 11 is 14.1. The molecule has 0 radical (unpaired) electrons. The first-order chi connectivity index (χ1) is 11.1. The Labute approximate surface area is 161 Å². The zero-order chi connectivity index (χ0) is 16.4. The van der Waals surface area contributed by atoms with Crippen LogP contribution in [-0.4, -0.2) is 7.11 Å². The van der Waals surface area contributed by atoms with Crippen molar-refractivity contribution in [3.8, 4) is 27.3 Å². The molecule has 2 nitrogen and oxygen atoms in total. The van der Waals surface area contributed by atoms with E-state index in [1.54, 1.807) is 24.5 Å². The van der Waals surface area contributed by atoms with Crippen LogP contribution in [0.2, 0.25) is 10.0 Å². The smallest absolute Gasteiger partial charge is 0.118 e. The molecule has 0 unspecified atom stereocenters. The molecule has 2 aromatic carbocycles. The van der Waals surface area contributed by atoms with Crippen molar-refractivity contribution in [2.24, 2.45) is 5.73 Å². The summed E-state index contributed by atoms with van der Waals surface area (Å²) in [4.78, 5) is 2.20. The van der Waals surface area contributed by atoms with Crippen LogP contribution >= 0.6 is 46.9 Å². The summed E-state index contributed by atoms with van der Waals surface area (Å²) in [6.07, 6.45) is 0. The molecule has 1 aromatic heterocycles. The fourth-order valence-corrected chi connectivity index (χ4v) is 4.06. The van der Waals surface area contributed by atoms with Gasteiger partial charge in [-0.2, -0.15) is 0 Å². The molecule has 0 aliphatic rings. The van der Waals surface area contributed by atoms with Gasteiger partial charge in [-0.05, 0) is 35.9 Å². The van der Waals surface area contributed by atoms with Gasteiger partial charge in [0.1, 0.15) is 5.75 Å². The normalized spacial score (nSPS) is 10.3. The second-order valence-corrected chi connectivity index (χ2v) is 6.99. The van der Waals surface area contributed by atoms with Gasteiger partial charge in [0.25, 0.3) is 0 Å². The predicted octanol–water partition coefficient (Wildman–Crippen LogP) is 6.28. The van der Waals surface area contributed by atoms with Gasteiger partial charge in [-0.1, -0.05) is 41.4 Å². The van der Waals surface area contributed by atoms with Crippen molar-refractivity contribution in [3.63, 3.8) is 0 Å². The molecule has 0 saturated carbocycles. The monoisotopic (exact) mass is 399 g/mol. The highest BCUT2D eigenvalue weighted by atomic mass is 35.5. The first kappa shape index (κ1) is 19.1. The molecule has 0 amide bonds. The molecule has 0 saturated heterocycles. The van der Waals surface area contributed by atoms with Gasteiger partial charge >= 0.3 is 0 Å². The number of rotatable bonds is 4. The van der Waals surface area contributed by atoms with E-state index in [-0.39, 0.29) is 12.4 Å². The van der Waals surface area contributed by atoms with Crippen LogP contribution in [0.15, 0.2) is 48.5 Å². The van der Waals surface area contributed by atoms with Crippen molar-refractivity contribution in [1.82, 2.24) is 0 Å². The summed E-state index contributed by atoms with van der Waals surface area (Å²) in [5, 5.41) is 1.26. The van der Waals surface area contributed by atoms with Crippen LogP contribution in [-0.2, 0) is 6.54 Å². The van der Waals surface area contributed by atoms with Gasteiger partial charge in [-0.15, -0.1) is 23.7 Å². The number of nitrogens with two attached hydrogens (primary N) is 1. The van der Waals surface area contributed by atoms with E-state index in [1.165, 1.54) is 0 Å². The van der Waals surface area contributed by atoms with Gasteiger partial charge in [0, 0.05) is 32.4 Å². The fraction of sp³-hybridized carbons (Fsp3) is 0.111. The maximum Gasteiger partial charge on any atom is 0.118 e. The van der Waals surface area contributed by atoms with Crippen LogP contribution in [0.5, 0.6) is 5.75 Å². The molecule has 0 bridgehead atoms. The van der Waals surface area contributed by atoms with Crippen molar-refractivity contribution in [2.45, 2.75) is 6.54 Å². The summed E-state index contributed by atoms with van der Waals surface area (Å²) in [5.74, 6) is 0.828. The average molecular weight is 401 g/mol. The SMILES string of the molecule is COc1ccc(-c2cc(CN)sc2-c2ccc(Cl)cc2Cl)cc1.Cl. The highest BCUT2D eigenvalue weighted by molar-refractivity contribution is 7.16. The molecule has 2 N–H and O–H groups in total. The summed E-state index contributed by atoms with van der Waals surface area (Å²) < 4.78 is 5.23. The van der Waals surface area contributed by atoms with E-state index in [9.17, 15) is 0 Å². The largest absolute Gasteiger partial charge is 0.497 e. The van der Waals surface area contributed by atoms with Crippen LogP contribution in [0.3, 0.4) is 0 Å². The molecule has 24 heavy (non-hydrogen) atoms. The third-order valence-corrected chi connectivity index (χ3v) is 5.30. The van der Waals surface area contributed by atoms with E-state index >= 15 is 0 Å². The van der Waals surface area contributed by atoms with Gasteiger partial charge in [0.05, 0.1) is 12.1 Å². The number of hydrogen-bond donors (Lipinski definition) is 1. The second kappa shape index (κ2) is 8.24. The van der Waals surface area contributed by atoms with Crippen LogP contribution < -0.4 is 10.5 Å². The Morgan fingerprint density at radius 1 is 1.00 bits per heavy atom. The third kappa shape index (κ3) is 3.88. The van der Waals surface area contributed by atoms with Crippen molar-refractivity contribution >= 4 is 46.9 Å². The highest BCUT2D eigenvalue weighted by Crippen LogP contribution is 2.42. The minimum Gasteiger partial charge on any atom is -0.497 e. The summed E-state index contributed by atoms with van der Waals surface area (Å²) in [5.41, 5.74) is 9.01. The molecule has 0 aliphatic heterocycles. The van der Waals surface area contributed by atoms with Gasteiger partial charge in [-0.3, -0.25) is 0 Å². The predicted molar refractivity (Wildman–Crippen MR) is 107 cm³/mol. The molecular formula is C18H16Cl3NOS. The van der Waals surface area contributed by atoms with Crippen LogP contribution in [0.1, 0.15) is 4.88 Å². The molecular weight excluding hydrogens is 385 g/mol. The van der Waals surface area contributed by atoms with E-state index in [0.29, 0.717) is 16.6 Å². The summed E-state index contributed by atoms with van der Waals surface area (Å²) in [6.45, 7) is 0.499. The quantitative estimate of drug-likeness (QED) is 0.559. The molecule has 3 aromatic rings. The number of ether oxygens (including phenoxy) is 1. The van der Waals surface area contributed by atoms with Crippen LogP contribution in [0.4, 0.5) is 0 Å².